The summed E-state index contributed by atoms with van der Waals surface area (Å²) in [4.78, 5) is 0. The molecule has 0 saturated carbocycles. The number of hydrogen-bond acceptors (Lipinski definition) is 2. The van der Waals surface area contributed by atoms with Crippen molar-refractivity contribution in [3.63, 3.8) is 0 Å². The SMILES string of the molecule is CCC(CCN)NS(=O)C(C)(C)C. The number of nitrogens with two attached hydrogens (primary N) is 1. The molecule has 0 aliphatic heterocycles. The molecule has 0 fully saturated rings. The van der Waals surface area contributed by atoms with E-state index in [1.165, 1.54) is 0 Å². The zero-order chi connectivity index (χ0) is 10.5. The molecule has 2 unspecified atom stereocenters. The van der Waals surface area contributed by atoms with E-state index < -0.39 is 11.0 Å². The Morgan fingerprint density at radius 3 is 2.31 bits per heavy atom. The van der Waals surface area contributed by atoms with Gasteiger partial charge in [0.25, 0.3) is 0 Å². The van der Waals surface area contributed by atoms with Crippen LogP contribution < -0.4 is 10.5 Å². The quantitative estimate of drug-likeness (QED) is 0.709. The van der Waals surface area contributed by atoms with E-state index in [9.17, 15) is 4.21 Å². The lowest BCUT2D eigenvalue weighted by Crippen LogP contribution is -2.40. The summed E-state index contributed by atoms with van der Waals surface area (Å²) in [5.41, 5.74) is 5.45. The predicted molar refractivity (Wildman–Crippen MR) is 58.8 cm³/mol. The van der Waals surface area contributed by atoms with Gasteiger partial charge in [0.1, 0.15) is 0 Å². The summed E-state index contributed by atoms with van der Waals surface area (Å²) in [6.07, 6.45) is 1.86. The first-order valence-electron chi connectivity index (χ1n) is 4.80. The predicted octanol–water partition coefficient (Wildman–Crippen LogP) is 1.17. The van der Waals surface area contributed by atoms with E-state index in [2.05, 4.69) is 11.6 Å². The summed E-state index contributed by atoms with van der Waals surface area (Å²) in [7, 11) is -0.974. The van der Waals surface area contributed by atoms with E-state index in [-0.39, 0.29) is 10.8 Å². The van der Waals surface area contributed by atoms with Crippen molar-refractivity contribution in [1.29, 1.82) is 0 Å². The molecule has 0 radical (unpaired) electrons. The van der Waals surface area contributed by atoms with E-state index in [1.807, 2.05) is 20.8 Å². The topological polar surface area (TPSA) is 55.1 Å². The van der Waals surface area contributed by atoms with Gasteiger partial charge in [-0.2, -0.15) is 0 Å². The molecule has 0 heterocycles. The molecule has 0 aliphatic carbocycles. The highest BCUT2D eigenvalue weighted by Crippen LogP contribution is 2.10. The summed E-state index contributed by atoms with van der Waals surface area (Å²) >= 11 is 0. The Balaban J connectivity index is 4.01. The van der Waals surface area contributed by atoms with Crippen LogP contribution in [0.3, 0.4) is 0 Å². The molecular weight excluding hydrogens is 184 g/mol. The van der Waals surface area contributed by atoms with Gasteiger partial charge in [-0.25, -0.2) is 8.93 Å². The second-order valence-electron chi connectivity index (χ2n) is 4.18. The standard InChI is InChI=1S/C9H22N2OS/c1-5-8(6-7-10)11-13(12)9(2,3)4/h8,11H,5-7,10H2,1-4H3. The van der Waals surface area contributed by atoms with Gasteiger partial charge in [0.2, 0.25) is 0 Å². The molecule has 0 aromatic heterocycles. The van der Waals surface area contributed by atoms with Gasteiger partial charge in [0, 0.05) is 6.04 Å². The third kappa shape index (κ3) is 5.39. The average Bonchev–Trinajstić information content (AvgIpc) is 2.01. The fraction of sp³-hybridized carbons (Fsp3) is 1.00. The minimum atomic E-state index is -0.974. The third-order valence-electron chi connectivity index (χ3n) is 1.84. The van der Waals surface area contributed by atoms with Crippen LogP contribution in [0.15, 0.2) is 0 Å². The van der Waals surface area contributed by atoms with Gasteiger partial charge >= 0.3 is 0 Å². The van der Waals surface area contributed by atoms with Crippen LogP contribution in [0, 0.1) is 0 Å². The maximum Gasteiger partial charge on any atom is 0.0972 e. The fourth-order valence-electron chi connectivity index (χ4n) is 0.876. The molecule has 0 rings (SSSR count). The van der Waals surface area contributed by atoms with Gasteiger partial charge < -0.3 is 5.73 Å². The highest BCUT2D eigenvalue weighted by atomic mass is 32.2. The molecule has 0 aliphatic rings. The molecule has 0 aromatic carbocycles. The van der Waals surface area contributed by atoms with Crippen molar-refractivity contribution in [2.45, 2.75) is 51.3 Å². The Morgan fingerprint density at radius 1 is 1.46 bits per heavy atom. The Morgan fingerprint density at radius 2 is 2.00 bits per heavy atom. The average molecular weight is 206 g/mol. The molecule has 0 bridgehead atoms. The molecule has 3 N–H and O–H groups in total. The molecular formula is C9H22N2OS. The van der Waals surface area contributed by atoms with E-state index in [0.29, 0.717) is 6.54 Å². The van der Waals surface area contributed by atoms with Crippen LogP contribution in [0.5, 0.6) is 0 Å². The monoisotopic (exact) mass is 206 g/mol. The van der Waals surface area contributed by atoms with E-state index in [1.54, 1.807) is 0 Å². The Labute approximate surface area is 84.1 Å². The summed E-state index contributed by atoms with van der Waals surface area (Å²) in [5.74, 6) is 0. The van der Waals surface area contributed by atoms with Crippen molar-refractivity contribution < 1.29 is 4.21 Å². The van der Waals surface area contributed by atoms with Gasteiger partial charge in [0.15, 0.2) is 0 Å². The fourth-order valence-corrected chi connectivity index (χ4v) is 1.82. The Kier molecular flexibility index (Phi) is 5.76. The normalized spacial score (nSPS) is 17.0. The van der Waals surface area contributed by atoms with Crippen molar-refractivity contribution in [1.82, 2.24) is 4.72 Å². The van der Waals surface area contributed by atoms with Crippen molar-refractivity contribution >= 4 is 11.0 Å². The first-order valence-corrected chi connectivity index (χ1v) is 5.95. The second kappa shape index (κ2) is 5.73. The van der Waals surface area contributed by atoms with Gasteiger partial charge in [-0.15, -0.1) is 0 Å². The van der Waals surface area contributed by atoms with Crippen molar-refractivity contribution in [3.8, 4) is 0 Å². The molecule has 80 valence electrons. The number of rotatable bonds is 5. The number of hydrogen-bond donors (Lipinski definition) is 2. The van der Waals surface area contributed by atoms with Gasteiger partial charge in [-0.3, -0.25) is 0 Å². The highest BCUT2D eigenvalue weighted by molar-refractivity contribution is 7.84. The molecule has 0 spiro atoms. The molecule has 13 heavy (non-hydrogen) atoms. The Bertz CT molecular complexity index is 165. The van der Waals surface area contributed by atoms with Crippen LogP contribution in [-0.4, -0.2) is 21.5 Å². The van der Waals surface area contributed by atoms with Crippen LogP contribution >= 0.6 is 0 Å². The lowest BCUT2D eigenvalue weighted by atomic mass is 10.2. The van der Waals surface area contributed by atoms with Gasteiger partial charge in [-0.1, -0.05) is 6.92 Å². The van der Waals surface area contributed by atoms with Gasteiger partial charge in [0.05, 0.1) is 15.7 Å². The Hall–Kier alpha value is 0.0700. The summed E-state index contributed by atoms with van der Waals surface area (Å²) < 4.78 is 14.6. The largest absolute Gasteiger partial charge is 0.330 e. The zero-order valence-corrected chi connectivity index (χ0v) is 9.91. The second-order valence-corrected chi connectivity index (χ2v) is 6.18. The van der Waals surface area contributed by atoms with Crippen LogP contribution in [0.25, 0.3) is 0 Å². The van der Waals surface area contributed by atoms with Gasteiger partial charge in [-0.05, 0) is 40.2 Å². The zero-order valence-electron chi connectivity index (χ0n) is 9.09. The summed E-state index contributed by atoms with van der Waals surface area (Å²) in [5, 5.41) is 0. The molecule has 0 saturated heterocycles. The minimum Gasteiger partial charge on any atom is -0.330 e. The van der Waals surface area contributed by atoms with E-state index in [4.69, 9.17) is 5.73 Å². The van der Waals surface area contributed by atoms with E-state index >= 15 is 0 Å². The lowest BCUT2D eigenvalue weighted by molar-refractivity contribution is 0.543. The molecule has 4 heteroatoms. The molecule has 2 atom stereocenters. The summed E-state index contributed by atoms with van der Waals surface area (Å²) in [6, 6.07) is 0.282. The molecule has 0 aromatic rings. The summed E-state index contributed by atoms with van der Waals surface area (Å²) in [6.45, 7) is 8.61. The smallest absolute Gasteiger partial charge is 0.0972 e. The first-order chi connectivity index (χ1) is 5.91. The number of nitrogens with one attached hydrogen (secondary N) is 1. The van der Waals surface area contributed by atoms with Crippen molar-refractivity contribution in [3.05, 3.63) is 0 Å². The lowest BCUT2D eigenvalue weighted by Gasteiger charge is -2.23. The van der Waals surface area contributed by atoms with Crippen LogP contribution in [0.2, 0.25) is 0 Å². The van der Waals surface area contributed by atoms with E-state index in [0.717, 1.165) is 12.8 Å². The van der Waals surface area contributed by atoms with Crippen molar-refractivity contribution in [2.75, 3.05) is 6.54 Å². The maximum absolute atomic E-state index is 11.7. The van der Waals surface area contributed by atoms with Crippen LogP contribution in [0.4, 0.5) is 0 Å². The highest BCUT2D eigenvalue weighted by Gasteiger charge is 2.21. The van der Waals surface area contributed by atoms with Crippen molar-refractivity contribution in [2.24, 2.45) is 5.73 Å². The first kappa shape index (κ1) is 13.1. The maximum atomic E-state index is 11.7. The third-order valence-corrected chi connectivity index (χ3v) is 3.50. The van der Waals surface area contributed by atoms with Crippen LogP contribution in [-0.2, 0) is 11.0 Å². The minimum absolute atomic E-state index is 0.192. The molecule has 3 nitrogen and oxygen atoms in total. The van der Waals surface area contributed by atoms with Crippen LogP contribution in [0.1, 0.15) is 40.5 Å². The molecule has 0 amide bonds.